The molecule has 1 aliphatic heterocycles. The first-order chi connectivity index (χ1) is 13.1. The molecule has 2 aromatic heterocycles. The van der Waals surface area contributed by atoms with Crippen molar-refractivity contribution >= 4 is 11.7 Å². The van der Waals surface area contributed by atoms with Crippen molar-refractivity contribution in [2.24, 2.45) is 5.92 Å². The van der Waals surface area contributed by atoms with Crippen LogP contribution in [0.3, 0.4) is 0 Å². The maximum atomic E-state index is 13.3. The van der Waals surface area contributed by atoms with E-state index in [1.165, 1.54) is 38.1 Å². The Morgan fingerprint density at radius 3 is 2.63 bits per heavy atom. The van der Waals surface area contributed by atoms with Crippen LogP contribution in [0, 0.1) is 5.92 Å². The summed E-state index contributed by atoms with van der Waals surface area (Å²) in [5, 5.41) is 3.82. The van der Waals surface area contributed by atoms with E-state index in [1.54, 1.807) is 0 Å². The molecule has 0 atom stereocenters. The molecule has 0 unspecified atom stereocenters. The Bertz CT molecular complexity index is 794. The first-order valence-corrected chi connectivity index (χ1v) is 9.88. The maximum absolute atomic E-state index is 13.3. The van der Waals surface area contributed by atoms with E-state index in [0.29, 0.717) is 25.2 Å². The van der Waals surface area contributed by atoms with Crippen LogP contribution in [0.4, 0.5) is 8.78 Å². The summed E-state index contributed by atoms with van der Waals surface area (Å²) < 4.78 is 27.8. The Morgan fingerprint density at radius 1 is 1.19 bits per heavy atom. The molecule has 146 valence electrons. The normalized spacial score (nSPS) is 19.4. The molecule has 0 N–H and O–H groups in total. The van der Waals surface area contributed by atoms with E-state index in [4.69, 9.17) is 0 Å². The molecule has 27 heavy (non-hydrogen) atoms. The van der Waals surface area contributed by atoms with Gasteiger partial charge in [0, 0.05) is 31.1 Å². The predicted molar refractivity (Wildman–Crippen MR) is 95.5 cm³/mol. The number of likely N-dealkylation sites (tertiary alicyclic amines) is 1. The third-order valence-electron chi connectivity index (χ3n) is 6.03. The van der Waals surface area contributed by atoms with Crippen LogP contribution >= 0.6 is 0 Å². The van der Waals surface area contributed by atoms with E-state index in [0.717, 1.165) is 29.7 Å². The second-order valence-corrected chi connectivity index (χ2v) is 7.72. The number of nitrogens with zero attached hydrogens (tertiary/aromatic N) is 5. The number of fused-ring (bicyclic) bond motifs is 1. The molecule has 1 saturated carbocycles. The van der Waals surface area contributed by atoms with Crippen LogP contribution in [-0.2, 0) is 4.79 Å². The van der Waals surface area contributed by atoms with Gasteiger partial charge < -0.3 is 4.90 Å². The molecule has 1 amide bonds. The van der Waals surface area contributed by atoms with Gasteiger partial charge in [-0.2, -0.15) is 14.6 Å². The number of hydrogen-bond donors (Lipinski definition) is 0. The fourth-order valence-electron chi connectivity index (χ4n) is 4.43. The second kappa shape index (κ2) is 7.86. The number of amides is 1. The first kappa shape index (κ1) is 18.3. The van der Waals surface area contributed by atoms with Crippen LogP contribution in [0.25, 0.3) is 5.78 Å². The van der Waals surface area contributed by atoms with Gasteiger partial charge in [0.1, 0.15) is 12.0 Å². The van der Waals surface area contributed by atoms with Gasteiger partial charge >= 0.3 is 0 Å². The van der Waals surface area contributed by atoms with E-state index in [1.807, 2.05) is 4.90 Å². The van der Waals surface area contributed by atoms with Crippen LogP contribution in [0.15, 0.2) is 12.4 Å². The Kier molecular flexibility index (Phi) is 5.31. The third kappa shape index (κ3) is 3.94. The molecular weight excluding hydrogens is 352 g/mol. The fraction of sp³-hybridized carbons (Fsp3) is 0.684. The Morgan fingerprint density at radius 2 is 1.93 bits per heavy atom. The molecule has 2 aliphatic rings. The molecule has 0 bridgehead atoms. The van der Waals surface area contributed by atoms with Crippen molar-refractivity contribution in [1.82, 2.24) is 24.5 Å². The van der Waals surface area contributed by atoms with Gasteiger partial charge in [-0.25, -0.2) is 13.8 Å². The lowest BCUT2D eigenvalue weighted by molar-refractivity contribution is -0.132. The molecule has 0 spiro atoms. The largest absolute Gasteiger partial charge is 0.343 e. The van der Waals surface area contributed by atoms with Gasteiger partial charge in [-0.3, -0.25) is 4.79 Å². The van der Waals surface area contributed by atoms with Gasteiger partial charge in [0.05, 0.1) is 0 Å². The van der Waals surface area contributed by atoms with Crippen molar-refractivity contribution in [3.8, 4) is 0 Å². The third-order valence-corrected chi connectivity index (χ3v) is 6.03. The van der Waals surface area contributed by atoms with Crippen LogP contribution in [-0.4, -0.2) is 43.5 Å². The van der Waals surface area contributed by atoms with Crippen molar-refractivity contribution in [3.05, 3.63) is 23.8 Å². The fourth-order valence-corrected chi connectivity index (χ4v) is 4.43. The number of piperidine rings is 1. The van der Waals surface area contributed by atoms with Crippen LogP contribution in [0.2, 0.25) is 0 Å². The number of halogens is 2. The van der Waals surface area contributed by atoms with Crippen LogP contribution < -0.4 is 0 Å². The number of carbonyl (C=O) groups excluding carboxylic acids is 1. The summed E-state index contributed by atoms with van der Waals surface area (Å²) in [6, 6.07) is 1.44. The van der Waals surface area contributed by atoms with E-state index < -0.39 is 6.43 Å². The highest BCUT2D eigenvalue weighted by molar-refractivity contribution is 5.76. The lowest BCUT2D eigenvalue weighted by Crippen LogP contribution is -2.38. The Balaban J connectivity index is 1.37. The lowest BCUT2D eigenvalue weighted by atomic mass is 9.92. The average Bonchev–Trinajstić information content (AvgIpc) is 3.36. The molecule has 0 radical (unpaired) electrons. The minimum absolute atomic E-state index is 0.0723. The van der Waals surface area contributed by atoms with E-state index >= 15 is 0 Å². The van der Waals surface area contributed by atoms with Crippen molar-refractivity contribution in [2.45, 2.75) is 63.7 Å². The van der Waals surface area contributed by atoms with Crippen molar-refractivity contribution in [2.75, 3.05) is 13.1 Å². The smallest absolute Gasteiger partial charge is 0.280 e. The topological polar surface area (TPSA) is 63.4 Å². The molecule has 1 aliphatic carbocycles. The SMILES string of the molecule is O=C(CCC1CCCC1)N1CCC(c2cc(C(F)F)n3ncnc3n2)CC1. The second-order valence-electron chi connectivity index (χ2n) is 7.72. The monoisotopic (exact) mass is 377 g/mol. The summed E-state index contributed by atoms with van der Waals surface area (Å²) in [5.74, 6) is 1.23. The molecular formula is C19H25F2N5O. The first-order valence-electron chi connectivity index (χ1n) is 9.88. The van der Waals surface area contributed by atoms with Crippen LogP contribution in [0.1, 0.15) is 75.1 Å². The highest BCUT2D eigenvalue weighted by Gasteiger charge is 2.27. The number of alkyl halides is 2. The minimum Gasteiger partial charge on any atom is -0.343 e. The number of aromatic nitrogens is 4. The Hall–Kier alpha value is -2.12. The summed E-state index contributed by atoms with van der Waals surface area (Å²) in [6.45, 7) is 1.33. The quantitative estimate of drug-likeness (QED) is 0.796. The number of rotatable bonds is 5. The van der Waals surface area contributed by atoms with E-state index in [2.05, 4.69) is 15.1 Å². The summed E-state index contributed by atoms with van der Waals surface area (Å²) >= 11 is 0. The van der Waals surface area contributed by atoms with E-state index in [9.17, 15) is 13.6 Å². The van der Waals surface area contributed by atoms with Gasteiger partial charge in [-0.15, -0.1) is 0 Å². The van der Waals surface area contributed by atoms with Gasteiger partial charge in [0.15, 0.2) is 0 Å². The molecule has 1 saturated heterocycles. The van der Waals surface area contributed by atoms with Gasteiger partial charge in [-0.05, 0) is 31.2 Å². The molecule has 6 nitrogen and oxygen atoms in total. The molecule has 8 heteroatoms. The summed E-state index contributed by atoms with van der Waals surface area (Å²) in [5.41, 5.74) is 0.450. The van der Waals surface area contributed by atoms with E-state index in [-0.39, 0.29) is 23.3 Å². The van der Waals surface area contributed by atoms with Gasteiger partial charge in [-0.1, -0.05) is 25.7 Å². The minimum atomic E-state index is -2.63. The van der Waals surface area contributed by atoms with Crippen molar-refractivity contribution < 1.29 is 13.6 Å². The number of hydrogen-bond acceptors (Lipinski definition) is 4. The summed E-state index contributed by atoms with van der Waals surface area (Å²) in [7, 11) is 0. The van der Waals surface area contributed by atoms with Crippen molar-refractivity contribution in [1.29, 1.82) is 0 Å². The molecule has 3 heterocycles. The van der Waals surface area contributed by atoms with Gasteiger partial charge in [0.25, 0.3) is 12.2 Å². The zero-order valence-electron chi connectivity index (χ0n) is 15.4. The summed E-state index contributed by atoms with van der Waals surface area (Å²) in [4.78, 5) is 22.8. The molecule has 0 aromatic carbocycles. The maximum Gasteiger partial charge on any atom is 0.280 e. The molecule has 2 aromatic rings. The predicted octanol–water partition coefficient (Wildman–Crippen LogP) is 3.74. The zero-order valence-corrected chi connectivity index (χ0v) is 15.4. The highest BCUT2D eigenvalue weighted by Crippen LogP contribution is 2.31. The highest BCUT2D eigenvalue weighted by atomic mass is 19.3. The average molecular weight is 377 g/mol. The summed E-state index contributed by atoms with van der Waals surface area (Å²) in [6.07, 6.45) is 6.86. The molecule has 2 fully saturated rings. The van der Waals surface area contributed by atoms with Gasteiger partial charge in [0.2, 0.25) is 5.91 Å². The lowest BCUT2D eigenvalue weighted by Gasteiger charge is -2.32. The number of carbonyl (C=O) groups is 1. The van der Waals surface area contributed by atoms with Crippen LogP contribution in [0.5, 0.6) is 0 Å². The molecule has 4 rings (SSSR count). The van der Waals surface area contributed by atoms with Crippen molar-refractivity contribution in [3.63, 3.8) is 0 Å². The zero-order chi connectivity index (χ0) is 18.8. The Labute approximate surface area is 157 Å². The standard InChI is InChI=1S/C19H25F2N5O/c20-18(21)16-11-15(24-19-22-12-23-26(16)19)14-7-9-25(10-8-14)17(27)6-5-13-3-1-2-4-13/h11-14,18H,1-10H2.